The molecule has 11 nitrogen and oxygen atoms in total. The zero-order valence-electron chi connectivity index (χ0n) is 22.9. The van der Waals surface area contributed by atoms with Gasteiger partial charge in [-0.15, -0.1) is 0 Å². The van der Waals surface area contributed by atoms with Crippen molar-refractivity contribution in [1.82, 2.24) is 14.6 Å². The molecule has 234 valence electrons. The highest BCUT2D eigenvalue weighted by Crippen LogP contribution is 2.54. The maximum Gasteiger partial charge on any atom is 0.330 e. The van der Waals surface area contributed by atoms with E-state index in [2.05, 4.69) is 5.09 Å². The number of H-pyrrole nitrogens is 1. The van der Waals surface area contributed by atoms with Crippen molar-refractivity contribution in [2.24, 2.45) is 0 Å². The van der Waals surface area contributed by atoms with Crippen molar-refractivity contribution < 1.29 is 46.0 Å². The molecule has 1 aliphatic heterocycles. The van der Waals surface area contributed by atoms with Gasteiger partial charge in [-0.3, -0.25) is 19.1 Å². The lowest BCUT2D eigenvalue weighted by atomic mass is 9.95. The number of fused-ring (bicyclic) bond motifs is 1. The number of nitrogens with one attached hydrogen (secondary N) is 2. The van der Waals surface area contributed by atoms with Gasteiger partial charge >= 0.3 is 24.2 Å². The van der Waals surface area contributed by atoms with Gasteiger partial charge in [-0.25, -0.2) is 18.7 Å². The van der Waals surface area contributed by atoms with E-state index in [9.17, 15) is 28.3 Å². The number of aromatic nitrogens is 2. The zero-order chi connectivity index (χ0) is 31.7. The summed E-state index contributed by atoms with van der Waals surface area (Å²) >= 11 is 5.53. The lowest BCUT2D eigenvalue weighted by Gasteiger charge is -2.35. The summed E-state index contributed by atoms with van der Waals surface area (Å²) in [6.07, 6.45) is -9.13. The molecule has 43 heavy (non-hydrogen) atoms. The van der Waals surface area contributed by atoms with Crippen LogP contribution in [0.5, 0.6) is 5.75 Å². The van der Waals surface area contributed by atoms with Crippen molar-refractivity contribution in [3.8, 4) is 5.75 Å². The van der Waals surface area contributed by atoms with Gasteiger partial charge in [0.25, 0.3) is 12.0 Å². The molecule has 3 N–H and O–H groups in total. The second-order valence-corrected chi connectivity index (χ2v) is 13.1. The SMILES string of the molecule is CC(C)OC(=O)C(C)NP(=S)(OCC1(C(F)F)OC(n2ccc(=O)[nH]c2=O)C(O)C1(F)F)Oc1cccc2ccccc12. The Balaban J connectivity index is 1.72. The minimum Gasteiger partial charge on any atom is -0.462 e. The van der Waals surface area contributed by atoms with Crippen LogP contribution in [0.1, 0.15) is 27.0 Å². The minimum atomic E-state index is -4.72. The van der Waals surface area contributed by atoms with Crippen molar-refractivity contribution in [3.05, 3.63) is 75.6 Å². The highest BCUT2D eigenvalue weighted by atomic mass is 32.5. The Hall–Kier alpha value is -3.14. The van der Waals surface area contributed by atoms with Crippen molar-refractivity contribution >= 4 is 35.2 Å². The molecule has 5 atom stereocenters. The molecule has 1 saturated heterocycles. The van der Waals surface area contributed by atoms with Crippen LogP contribution in [0.4, 0.5) is 17.6 Å². The molecule has 1 aromatic heterocycles. The molecule has 2 heterocycles. The summed E-state index contributed by atoms with van der Waals surface area (Å²) in [6, 6.07) is 11.2. The van der Waals surface area contributed by atoms with Gasteiger partial charge in [-0.2, -0.15) is 8.78 Å². The molecular formula is C26H28F4N3O8PS. The summed E-state index contributed by atoms with van der Waals surface area (Å²) in [5, 5.41) is 14.2. The third-order valence-electron chi connectivity index (χ3n) is 6.49. The Bertz CT molecular complexity index is 1650. The number of aliphatic hydroxyl groups excluding tert-OH is 1. The fraction of sp³-hybridized carbons (Fsp3) is 0.423. The number of ether oxygens (including phenoxy) is 2. The lowest BCUT2D eigenvalue weighted by molar-refractivity contribution is -0.241. The summed E-state index contributed by atoms with van der Waals surface area (Å²) in [5.41, 5.74) is -6.03. The van der Waals surface area contributed by atoms with Crippen molar-refractivity contribution in [3.63, 3.8) is 0 Å². The van der Waals surface area contributed by atoms with Gasteiger partial charge in [0.05, 0.1) is 12.7 Å². The Kier molecular flexibility index (Phi) is 9.50. The zero-order valence-corrected chi connectivity index (χ0v) is 24.6. The first kappa shape index (κ1) is 32.8. The Morgan fingerprint density at radius 1 is 1.16 bits per heavy atom. The van der Waals surface area contributed by atoms with E-state index in [1.165, 1.54) is 13.0 Å². The number of aromatic amines is 1. The van der Waals surface area contributed by atoms with Crippen LogP contribution in [0, 0.1) is 0 Å². The lowest BCUT2D eigenvalue weighted by Crippen LogP contribution is -2.57. The van der Waals surface area contributed by atoms with Crippen LogP contribution in [0.2, 0.25) is 0 Å². The molecule has 1 fully saturated rings. The van der Waals surface area contributed by atoms with Gasteiger partial charge < -0.3 is 23.6 Å². The minimum absolute atomic E-state index is 0.0984. The molecule has 0 spiro atoms. The molecular weight excluding hydrogens is 621 g/mol. The van der Waals surface area contributed by atoms with E-state index in [1.807, 2.05) is 0 Å². The number of carbonyl (C=O) groups excluding carboxylic acids is 1. The quantitative estimate of drug-likeness (QED) is 0.161. The number of nitrogens with zero attached hydrogens (tertiary/aromatic N) is 1. The summed E-state index contributed by atoms with van der Waals surface area (Å²) < 4.78 is 82.2. The van der Waals surface area contributed by atoms with E-state index in [-0.39, 0.29) is 5.75 Å². The van der Waals surface area contributed by atoms with Crippen LogP contribution >= 0.6 is 6.64 Å². The van der Waals surface area contributed by atoms with E-state index in [4.69, 9.17) is 30.3 Å². The van der Waals surface area contributed by atoms with Gasteiger partial charge in [0, 0.05) is 17.6 Å². The first-order valence-corrected chi connectivity index (χ1v) is 15.5. The van der Waals surface area contributed by atoms with Crippen molar-refractivity contribution in [2.75, 3.05) is 6.61 Å². The van der Waals surface area contributed by atoms with Crippen LogP contribution in [0.15, 0.2) is 64.3 Å². The van der Waals surface area contributed by atoms with Gasteiger partial charge in [0.15, 0.2) is 12.3 Å². The highest BCUT2D eigenvalue weighted by molar-refractivity contribution is 8.09. The number of rotatable bonds is 11. The average Bonchev–Trinajstić information content (AvgIpc) is 3.13. The van der Waals surface area contributed by atoms with Gasteiger partial charge in [0.1, 0.15) is 11.8 Å². The summed E-state index contributed by atoms with van der Waals surface area (Å²) in [7, 11) is 0. The summed E-state index contributed by atoms with van der Waals surface area (Å²) in [4.78, 5) is 38.0. The molecule has 2 aromatic carbocycles. The first-order valence-electron chi connectivity index (χ1n) is 12.8. The molecule has 0 saturated carbocycles. The number of alkyl halides is 4. The van der Waals surface area contributed by atoms with E-state index in [0.29, 0.717) is 21.5 Å². The standard InChI is InChI=1S/C26H28F4N3O8PS/c1-14(2)39-22(36)15(3)32-42(43,41-18-10-6-8-16-7-4-5-9-17(16)18)38-13-25(23(27)28)26(29,30)20(35)21(40-25)33-12-11-19(34)31-24(33)37/h4-12,14-15,20-21,23,35H,13H2,1-3H3,(H,32,43)(H,31,34,37). The second kappa shape index (κ2) is 12.5. The maximum absolute atomic E-state index is 15.5. The van der Waals surface area contributed by atoms with Gasteiger partial charge in [-0.1, -0.05) is 36.4 Å². The maximum atomic E-state index is 15.5. The topological polar surface area (TPSA) is 141 Å². The molecule has 0 bridgehead atoms. The predicted octanol–water partition coefficient (Wildman–Crippen LogP) is 3.47. The fourth-order valence-corrected chi connectivity index (χ4v) is 6.73. The number of aliphatic hydroxyl groups is 1. The van der Waals surface area contributed by atoms with E-state index < -0.39 is 72.9 Å². The van der Waals surface area contributed by atoms with Crippen LogP contribution < -0.4 is 20.9 Å². The van der Waals surface area contributed by atoms with E-state index >= 15 is 8.78 Å². The summed E-state index contributed by atoms with van der Waals surface area (Å²) in [6.45, 7) is -1.32. The van der Waals surface area contributed by atoms with Crippen LogP contribution in [-0.4, -0.2) is 63.4 Å². The molecule has 17 heteroatoms. The number of hydrogen-bond acceptors (Lipinski definition) is 9. The first-order chi connectivity index (χ1) is 20.1. The molecule has 0 radical (unpaired) electrons. The number of hydrogen-bond donors (Lipinski definition) is 3. The van der Waals surface area contributed by atoms with Crippen LogP contribution in [-0.2, 0) is 30.6 Å². The predicted molar refractivity (Wildman–Crippen MR) is 150 cm³/mol. The fourth-order valence-electron chi connectivity index (χ4n) is 4.31. The van der Waals surface area contributed by atoms with E-state index in [1.54, 1.807) is 55.2 Å². The number of halogens is 4. The van der Waals surface area contributed by atoms with Crippen LogP contribution in [0.3, 0.4) is 0 Å². The number of esters is 1. The van der Waals surface area contributed by atoms with E-state index in [0.717, 1.165) is 6.07 Å². The monoisotopic (exact) mass is 649 g/mol. The summed E-state index contributed by atoms with van der Waals surface area (Å²) in [5.74, 6) is -5.43. The average molecular weight is 650 g/mol. The molecule has 3 aromatic rings. The molecule has 0 amide bonds. The Morgan fingerprint density at radius 2 is 1.84 bits per heavy atom. The Morgan fingerprint density at radius 3 is 2.49 bits per heavy atom. The smallest absolute Gasteiger partial charge is 0.330 e. The number of benzene rings is 2. The number of carbonyl (C=O) groups is 1. The molecule has 5 unspecified atom stereocenters. The van der Waals surface area contributed by atoms with Crippen molar-refractivity contribution in [2.45, 2.75) is 63.2 Å². The van der Waals surface area contributed by atoms with Gasteiger partial charge in [0.2, 0.25) is 5.60 Å². The van der Waals surface area contributed by atoms with Gasteiger partial charge in [-0.05, 0) is 44.0 Å². The normalized spacial score (nSPS) is 23.8. The molecule has 0 aliphatic carbocycles. The van der Waals surface area contributed by atoms with Crippen LogP contribution in [0.25, 0.3) is 10.8 Å². The largest absolute Gasteiger partial charge is 0.462 e. The second-order valence-electron chi connectivity index (χ2n) is 9.96. The third-order valence-corrected chi connectivity index (χ3v) is 8.95. The molecule has 1 aliphatic rings. The van der Waals surface area contributed by atoms with Crippen molar-refractivity contribution in [1.29, 1.82) is 0 Å². The third kappa shape index (κ3) is 6.54. The Labute approximate surface area is 246 Å². The molecule has 4 rings (SSSR count). The highest BCUT2D eigenvalue weighted by Gasteiger charge is 2.74.